The van der Waals surface area contributed by atoms with Crippen LogP contribution >= 0.6 is 12.6 Å². The summed E-state index contributed by atoms with van der Waals surface area (Å²) in [5, 5.41) is 0. The van der Waals surface area contributed by atoms with Gasteiger partial charge < -0.3 is 0 Å². The third-order valence-corrected chi connectivity index (χ3v) is 1.68. The van der Waals surface area contributed by atoms with Crippen LogP contribution in [0.3, 0.4) is 0 Å². The number of hydrogen-bond acceptors (Lipinski definition) is 3. The van der Waals surface area contributed by atoms with Crippen LogP contribution < -0.4 is 0 Å². The third kappa shape index (κ3) is 2.08. The number of aromatic nitrogens is 1. The second-order valence-electron chi connectivity index (χ2n) is 3.13. The Kier molecular flexibility index (Phi) is 2.52. The molecule has 1 aromatic rings. The van der Waals surface area contributed by atoms with E-state index in [1.807, 2.05) is 0 Å². The van der Waals surface area contributed by atoms with Gasteiger partial charge in [0.05, 0.1) is 4.75 Å². The molecule has 0 aliphatic rings. The highest BCUT2D eigenvalue weighted by atomic mass is 32.1. The molecule has 2 nitrogen and oxygen atoms in total. The summed E-state index contributed by atoms with van der Waals surface area (Å²) in [6.07, 6.45) is 3.20. The molecule has 12 heavy (non-hydrogen) atoms. The molecular formula is C9H11NOS. The lowest BCUT2D eigenvalue weighted by molar-refractivity contribution is 0.0958. The SMILES string of the molecule is CC(C)(S)C(=O)c1cccnc1. The van der Waals surface area contributed by atoms with E-state index in [4.69, 9.17) is 0 Å². The Morgan fingerprint density at radius 1 is 1.58 bits per heavy atom. The van der Waals surface area contributed by atoms with Crippen molar-refractivity contribution in [3.05, 3.63) is 30.1 Å². The van der Waals surface area contributed by atoms with Gasteiger partial charge >= 0.3 is 0 Å². The summed E-state index contributed by atoms with van der Waals surface area (Å²) in [6.45, 7) is 3.54. The highest BCUT2D eigenvalue weighted by Gasteiger charge is 2.23. The van der Waals surface area contributed by atoms with Gasteiger partial charge in [0.25, 0.3) is 0 Å². The van der Waals surface area contributed by atoms with Crippen LogP contribution in [-0.4, -0.2) is 15.5 Å². The number of hydrogen-bond donors (Lipinski definition) is 1. The van der Waals surface area contributed by atoms with Crippen LogP contribution in [0, 0.1) is 0 Å². The van der Waals surface area contributed by atoms with Gasteiger partial charge in [-0.3, -0.25) is 9.78 Å². The molecular weight excluding hydrogens is 170 g/mol. The largest absolute Gasteiger partial charge is 0.293 e. The highest BCUT2D eigenvalue weighted by Crippen LogP contribution is 2.18. The minimum Gasteiger partial charge on any atom is -0.293 e. The second kappa shape index (κ2) is 3.27. The molecule has 0 aliphatic heterocycles. The van der Waals surface area contributed by atoms with Crippen LogP contribution in [0.15, 0.2) is 24.5 Å². The molecule has 1 aromatic heterocycles. The number of carbonyl (C=O) groups excluding carboxylic acids is 1. The van der Waals surface area contributed by atoms with E-state index in [1.165, 1.54) is 0 Å². The molecule has 0 N–H and O–H groups in total. The first-order chi connectivity index (χ1) is 5.52. The third-order valence-electron chi connectivity index (χ3n) is 1.48. The smallest absolute Gasteiger partial charge is 0.179 e. The monoisotopic (exact) mass is 181 g/mol. The molecule has 0 spiro atoms. The molecule has 0 fully saturated rings. The fourth-order valence-electron chi connectivity index (χ4n) is 0.850. The van der Waals surface area contributed by atoms with Gasteiger partial charge in [-0.1, -0.05) is 0 Å². The molecule has 64 valence electrons. The summed E-state index contributed by atoms with van der Waals surface area (Å²) >= 11 is 4.18. The Hall–Kier alpha value is -0.830. The molecule has 3 heteroatoms. The summed E-state index contributed by atoms with van der Waals surface area (Å²) in [7, 11) is 0. The van der Waals surface area contributed by atoms with Gasteiger partial charge in [0, 0.05) is 18.0 Å². The van der Waals surface area contributed by atoms with Gasteiger partial charge in [0.1, 0.15) is 0 Å². The standard InChI is InChI=1S/C9H11NOS/c1-9(2,12)8(11)7-4-3-5-10-6-7/h3-6,12H,1-2H3. The van der Waals surface area contributed by atoms with Gasteiger partial charge in [-0.25, -0.2) is 0 Å². The van der Waals surface area contributed by atoms with Crippen LogP contribution in [0.1, 0.15) is 24.2 Å². The van der Waals surface area contributed by atoms with Crippen molar-refractivity contribution in [1.29, 1.82) is 0 Å². The van der Waals surface area contributed by atoms with Gasteiger partial charge in [-0.2, -0.15) is 12.6 Å². The number of rotatable bonds is 2. The first-order valence-electron chi connectivity index (χ1n) is 3.69. The highest BCUT2D eigenvalue weighted by molar-refractivity contribution is 7.82. The average molecular weight is 181 g/mol. The lowest BCUT2D eigenvalue weighted by Crippen LogP contribution is -2.24. The second-order valence-corrected chi connectivity index (χ2v) is 4.25. The number of nitrogens with zero attached hydrogens (tertiary/aromatic N) is 1. The zero-order valence-electron chi connectivity index (χ0n) is 7.11. The predicted octanol–water partition coefficient (Wildman–Crippen LogP) is 1.97. The molecule has 0 atom stereocenters. The van der Waals surface area contributed by atoms with Gasteiger partial charge in [0.2, 0.25) is 0 Å². The van der Waals surface area contributed by atoms with E-state index in [0.29, 0.717) is 5.56 Å². The fraction of sp³-hybridized carbons (Fsp3) is 0.333. The van der Waals surface area contributed by atoms with Crippen LogP contribution in [0.25, 0.3) is 0 Å². The van der Waals surface area contributed by atoms with E-state index in [0.717, 1.165) is 0 Å². The van der Waals surface area contributed by atoms with Gasteiger partial charge in [0.15, 0.2) is 5.78 Å². The van der Waals surface area contributed by atoms with Crippen molar-refractivity contribution in [2.24, 2.45) is 0 Å². The summed E-state index contributed by atoms with van der Waals surface area (Å²) in [4.78, 5) is 15.4. The summed E-state index contributed by atoms with van der Waals surface area (Å²) in [6, 6.07) is 3.49. The molecule has 0 saturated heterocycles. The number of ketones is 1. The van der Waals surface area contributed by atoms with Crippen molar-refractivity contribution in [3.63, 3.8) is 0 Å². The van der Waals surface area contributed by atoms with Crippen molar-refractivity contribution in [2.45, 2.75) is 18.6 Å². The molecule has 0 amide bonds. The predicted molar refractivity (Wildman–Crippen MR) is 51.6 cm³/mol. The first-order valence-corrected chi connectivity index (χ1v) is 4.14. The lowest BCUT2D eigenvalue weighted by Gasteiger charge is -2.14. The molecule has 0 aliphatic carbocycles. The topological polar surface area (TPSA) is 30.0 Å². The number of Topliss-reactive ketones (excluding diaryl/α,β-unsaturated/α-hetero) is 1. The van der Waals surface area contributed by atoms with Crippen LogP contribution in [0.5, 0.6) is 0 Å². The van der Waals surface area contributed by atoms with Crippen molar-refractivity contribution in [1.82, 2.24) is 4.98 Å². The molecule has 1 heterocycles. The van der Waals surface area contributed by atoms with Crippen molar-refractivity contribution < 1.29 is 4.79 Å². The van der Waals surface area contributed by atoms with Gasteiger partial charge in [-0.05, 0) is 26.0 Å². The lowest BCUT2D eigenvalue weighted by atomic mass is 10.0. The molecule has 0 aromatic carbocycles. The number of pyridine rings is 1. The first kappa shape index (κ1) is 9.26. The Morgan fingerprint density at radius 3 is 2.67 bits per heavy atom. The fourth-order valence-corrected chi connectivity index (χ4v) is 0.979. The van der Waals surface area contributed by atoms with Crippen molar-refractivity contribution in [2.75, 3.05) is 0 Å². The van der Waals surface area contributed by atoms with Crippen LogP contribution in [0.2, 0.25) is 0 Å². The van der Waals surface area contributed by atoms with Crippen molar-refractivity contribution >= 4 is 18.4 Å². The van der Waals surface area contributed by atoms with Gasteiger partial charge in [-0.15, -0.1) is 0 Å². The Balaban J connectivity index is 2.94. The maximum absolute atomic E-state index is 11.5. The zero-order valence-corrected chi connectivity index (χ0v) is 8.01. The Morgan fingerprint density at radius 2 is 2.25 bits per heavy atom. The normalized spacial score (nSPS) is 11.2. The number of thiol groups is 1. The maximum Gasteiger partial charge on any atom is 0.179 e. The maximum atomic E-state index is 11.5. The van der Waals surface area contributed by atoms with Crippen LogP contribution in [-0.2, 0) is 0 Å². The van der Waals surface area contributed by atoms with E-state index in [-0.39, 0.29) is 5.78 Å². The molecule has 0 bridgehead atoms. The average Bonchev–Trinajstić information content (AvgIpc) is 2.03. The van der Waals surface area contributed by atoms with Crippen LogP contribution in [0.4, 0.5) is 0 Å². The van der Waals surface area contributed by atoms with E-state index in [2.05, 4.69) is 17.6 Å². The summed E-state index contributed by atoms with van der Waals surface area (Å²) in [5.74, 6) is -0.000988. The molecule has 1 rings (SSSR count). The minimum atomic E-state index is -0.622. The Labute approximate surface area is 77.4 Å². The Bertz CT molecular complexity index is 276. The summed E-state index contributed by atoms with van der Waals surface area (Å²) in [5.41, 5.74) is 0.609. The van der Waals surface area contributed by atoms with E-state index >= 15 is 0 Å². The summed E-state index contributed by atoms with van der Waals surface area (Å²) < 4.78 is -0.622. The molecule has 0 saturated carbocycles. The van der Waals surface area contributed by atoms with Crippen molar-refractivity contribution in [3.8, 4) is 0 Å². The van der Waals surface area contributed by atoms with E-state index in [9.17, 15) is 4.79 Å². The quantitative estimate of drug-likeness (QED) is 0.558. The van der Waals surface area contributed by atoms with E-state index < -0.39 is 4.75 Å². The molecule has 0 radical (unpaired) electrons. The zero-order chi connectivity index (χ0) is 9.19. The minimum absolute atomic E-state index is 0.000988. The molecule has 0 unspecified atom stereocenters. The number of carbonyl (C=O) groups is 1. The van der Waals surface area contributed by atoms with E-state index in [1.54, 1.807) is 38.4 Å².